The Labute approximate surface area is 105 Å². The van der Waals surface area contributed by atoms with Crippen molar-refractivity contribution >= 4 is 0 Å². The van der Waals surface area contributed by atoms with Gasteiger partial charge in [0.15, 0.2) is 0 Å². The zero-order valence-electron chi connectivity index (χ0n) is 11.1. The summed E-state index contributed by atoms with van der Waals surface area (Å²) in [4.78, 5) is 1.76. The quantitative estimate of drug-likeness (QED) is 0.766. The second kappa shape index (κ2) is 6.06. The third-order valence-corrected chi connectivity index (χ3v) is 3.73. The second-order valence-corrected chi connectivity index (χ2v) is 5.16. The number of rotatable bonds is 5. The largest absolute Gasteiger partial charge is 0.493 e. The predicted octanol–water partition coefficient (Wildman–Crippen LogP) is 1.75. The molecule has 1 fully saturated rings. The second-order valence-electron chi connectivity index (χ2n) is 5.16. The molecule has 0 radical (unpaired) electrons. The molecule has 1 aliphatic heterocycles. The van der Waals surface area contributed by atoms with Crippen LogP contribution in [0.3, 0.4) is 0 Å². The third kappa shape index (κ3) is 3.74. The monoisotopic (exact) mass is 234 g/mol. The highest BCUT2D eigenvalue weighted by Crippen LogP contribution is 2.16. The van der Waals surface area contributed by atoms with E-state index >= 15 is 0 Å². The van der Waals surface area contributed by atoms with Crippen LogP contribution in [0.1, 0.15) is 30.4 Å². The number of likely N-dealkylation sites (tertiary alicyclic amines) is 1. The van der Waals surface area contributed by atoms with Gasteiger partial charge in [0.05, 0.1) is 26.2 Å². The maximum absolute atomic E-state index is 5.79. The van der Waals surface area contributed by atoms with Crippen molar-refractivity contribution in [3.63, 3.8) is 0 Å². The molecule has 0 bridgehead atoms. The summed E-state index contributed by atoms with van der Waals surface area (Å²) in [7, 11) is 0. The van der Waals surface area contributed by atoms with Crippen LogP contribution in [-0.2, 0) is 0 Å². The van der Waals surface area contributed by atoms with E-state index in [-0.39, 0.29) is 0 Å². The highest BCUT2D eigenvalue weighted by atomic mass is 16.5. The lowest BCUT2D eigenvalue weighted by molar-refractivity contribution is -0.887. The van der Waals surface area contributed by atoms with Gasteiger partial charge in [-0.1, -0.05) is 6.07 Å². The van der Waals surface area contributed by atoms with E-state index in [0.717, 1.165) is 12.4 Å². The van der Waals surface area contributed by atoms with Crippen LogP contribution in [0.4, 0.5) is 0 Å². The van der Waals surface area contributed by atoms with Crippen LogP contribution in [0.2, 0.25) is 0 Å². The molecule has 0 aliphatic carbocycles. The summed E-state index contributed by atoms with van der Waals surface area (Å²) in [6.45, 7) is 9.12. The van der Waals surface area contributed by atoms with E-state index in [0.29, 0.717) is 0 Å². The molecule has 1 heterocycles. The van der Waals surface area contributed by atoms with Gasteiger partial charge >= 0.3 is 0 Å². The lowest BCUT2D eigenvalue weighted by Crippen LogP contribution is -3.10. The molecule has 0 atom stereocenters. The SMILES string of the molecule is Cc1ccc(OCCC[NH+]2CCCC2)cc1C. The van der Waals surface area contributed by atoms with Crippen molar-refractivity contribution in [3.05, 3.63) is 29.3 Å². The third-order valence-electron chi connectivity index (χ3n) is 3.73. The Balaban J connectivity index is 1.68. The predicted molar refractivity (Wildman–Crippen MR) is 70.8 cm³/mol. The maximum Gasteiger partial charge on any atom is 0.119 e. The van der Waals surface area contributed by atoms with E-state index in [4.69, 9.17) is 4.74 Å². The highest BCUT2D eigenvalue weighted by molar-refractivity contribution is 5.33. The fourth-order valence-electron chi connectivity index (χ4n) is 2.44. The molecule has 1 aliphatic rings. The van der Waals surface area contributed by atoms with Gasteiger partial charge in [-0.25, -0.2) is 0 Å². The Morgan fingerprint density at radius 2 is 1.88 bits per heavy atom. The Kier molecular flexibility index (Phi) is 4.43. The summed E-state index contributed by atoms with van der Waals surface area (Å²) in [6.07, 6.45) is 3.99. The molecule has 0 aromatic heterocycles. The van der Waals surface area contributed by atoms with Gasteiger partial charge in [0.25, 0.3) is 0 Å². The first-order valence-corrected chi connectivity index (χ1v) is 6.79. The zero-order valence-corrected chi connectivity index (χ0v) is 11.1. The number of nitrogens with one attached hydrogen (secondary N) is 1. The molecule has 0 spiro atoms. The average Bonchev–Trinajstić information content (AvgIpc) is 2.82. The first kappa shape index (κ1) is 12.4. The lowest BCUT2D eigenvalue weighted by Gasteiger charge is -2.12. The molecule has 94 valence electrons. The number of ether oxygens (including phenoxy) is 1. The summed E-state index contributed by atoms with van der Waals surface area (Å²) in [6, 6.07) is 6.35. The summed E-state index contributed by atoms with van der Waals surface area (Å²) in [5.41, 5.74) is 2.64. The van der Waals surface area contributed by atoms with E-state index in [1.54, 1.807) is 4.90 Å². The van der Waals surface area contributed by atoms with Crippen LogP contribution in [0.15, 0.2) is 18.2 Å². The first-order chi connectivity index (χ1) is 8.25. The van der Waals surface area contributed by atoms with Crippen molar-refractivity contribution < 1.29 is 9.64 Å². The van der Waals surface area contributed by atoms with Gasteiger partial charge in [-0.05, 0) is 37.1 Å². The number of benzene rings is 1. The summed E-state index contributed by atoms with van der Waals surface area (Å²) < 4.78 is 5.79. The molecule has 0 unspecified atom stereocenters. The van der Waals surface area contributed by atoms with E-state index in [1.807, 2.05) is 0 Å². The number of aryl methyl sites for hydroxylation is 2. The van der Waals surface area contributed by atoms with Crippen LogP contribution in [0.25, 0.3) is 0 Å². The van der Waals surface area contributed by atoms with Gasteiger partial charge in [0, 0.05) is 19.3 Å². The first-order valence-electron chi connectivity index (χ1n) is 6.79. The average molecular weight is 234 g/mol. The van der Waals surface area contributed by atoms with Gasteiger partial charge in [-0.15, -0.1) is 0 Å². The fraction of sp³-hybridized carbons (Fsp3) is 0.600. The standard InChI is InChI=1S/C15H23NO/c1-13-6-7-15(12-14(13)2)17-11-5-10-16-8-3-4-9-16/h6-7,12H,3-5,8-11H2,1-2H3/p+1. The van der Waals surface area contributed by atoms with E-state index in [2.05, 4.69) is 32.0 Å². The van der Waals surface area contributed by atoms with Gasteiger partial charge in [0.2, 0.25) is 0 Å². The van der Waals surface area contributed by atoms with Crippen molar-refractivity contribution in [1.29, 1.82) is 0 Å². The number of hydrogen-bond acceptors (Lipinski definition) is 1. The maximum atomic E-state index is 5.79. The molecule has 2 nitrogen and oxygen atoms in total. The van der Waals surface area contributed by atoms with E-state index < -0.39 is 0 Å². The molecule has 1 N–H and O–H groups in total. The van der Waals surface area contributed by atoms with Crippen molar-refractivity contribution in [2.75, 3.05) is 26.2 Å². The van der Waals surface area contributed by atoms with Crippen LogP contribution < -0.4 is 9.64 Å². The summed E-state index contributed by atoms with van der Waals surface area (Å²) in [5, 5.41) is 0. The Morgan fingerprint density at radius 1 is 1.12 bits per heavy atom. The molecular weight excluding hydrogens is 210 g/mol. The number of hydrogen-bond donors (Lipinski definition) is 1. The minimum Gasteiger partial charge on any atom is -0.493 e. The minimum absolute atomic E-state index is 0.853. The van der Waals surface area contributed by atoms with Gasteiger partial charge in [-0.3, -0.25) is 0 Å². The van der Waals surface area contributed by atoms with Crippen LogP contribution in [0.5, 0.6) is 5.75 Å². The topological polar surface area (TPSA) is 13.7 Å². The van der Waals surface area contributed by atoms with Crippen molar-refractivity contribution in [2.24, 2.45) is 0 Å². The fourth-order valence-corrected chi connectivity index (χ4v) is 2.44. The van der Waals surface area contributed by atoms with E-state index in [9.17, 15) is 0 Å². The van der Waals surface area contributed by atoms with Crippen LogP contribution in [-0.4, -0.2) is 26.2 Å². The minimum atomic E-state index is 0.853. The van der Waals surface area contributed by atoms with Gasteiger partial charge < -0.3 is 9.64 Å². The Bertz CT molecular complexity index is 356. The molecule has 0 saturated carbocycles. The molecule has 0 amide bonds. The molecule has 17 heavy (non-hydrogen) atoms. The lowest BCUT2D eigenvalue weighted by atomic mass is 10.1. The molecule has 2 rings (SSSR count). The molecule has 1 saturated heterocycles. The normalized spacial score (nSPS) is 16.4. The van der Waals surface area contributed by atoms with Crippen molar-refractivity contribution in [2.45, 2.75) is 33.1 Å². The molecule has 1 aromatic rings. The van der Waals surface area contributed by atoms with Crippen LogP contribution >= 0.6 is 0 Å². The Morgan fingerprint density at radius 3 is 2.59 bits per heavy atom. The van der Waals surface area contributed by atoms with E-state index in [1.165, 1.54) is 50.0 Å². The number of quaternary nitrogens is 1. The Hall–Kier alpha value is -1.02. The summed E-state index contributed by atoms with van der Waals surface area (Å²) in [5.74, 6) is 1.02. The van der Waals surface area contributed by atoms with Crippen LogP contribution in [0, 0.1) is 13.8 Å². The molecular formula is C15H24NO+. The smallest absolute Gasteiger partial charge is 0.119 e. The van der Waals surface area contributed by atoms with Gasteiger partial charge in [-0.2, -0.15) is 0 Å². The zero-order chi connectivity index (χ0) is 12.1. The summed E-state index contributed by atoms with van der Waals surface area (Å²) >= 11 is 0. The molecule has 2 heteroatoms. The highest BCUT2D eigenvalue weighted by Gasteiger charge is 2.14. The molecule has 1 aromatic carbocycles. The van der Waals surface area contributed by atoms with Crippen molar-refractivity contribution in [3.8, 4) is 5.75 Å². The van der Waals surface area contributed by atoms with Crippen molar-refractivity contribution in [1.82, 2.24) is 0 Å². The van der Waals surface area contributed by atoms with Gasteiger partial charge in [0.1, 0.15) is 5.75 Å².